The van der Waals surface area contributed by atoms with Crippen molar-refractivity contribution in [1.29, 1.82) is 0 Å². The zero-order chi connectivity index (χ0) is 11.9. The van der Waals surface area contributed by atoms with Gasteiger partial charge in [-0.05, 0) is 19.2 Å². The molecular weight excluding hydrogens is 216 g/mol. The summed E-state index contributed by atoms with van der Waals surface area (Å²) in [4.78, 5) is 6.21. The minimum absolute atomic E-state index is 0.665. The van der Waals surface area contributed by atoms with Crippen molar-refractivity contribution >= 4 is 0 Å². The molecule has 4 nitrogen and oxygen atoms in total. The zero-order valence-electron chi connectivity index (χ0n) is 9.87. The Morgan fingerprint density at radius 2 is 2.12 bits per heavy atom. The summed E-state index contributed by atoms with van der Waals surface area (Å²) in [5.74, 6) is 0.905. The van der Waals surface area contributed by atoms with Crippen molar-refractivity contribution in [3.63, 3.8) is 0 Å². The molecule has 0 N–H and O–H groups in total. The lowest BCUT2D eigenvalue weighted by atomic mass is 10.3. The lowest BCUT2D eigenvalue weighted by Gasteiger charge is -2.15. The Bertz CT molecular complexity index is 414. The molecule has 1 heterocycles. The third-order valence-corrected chi connectivity index (χ3v) is 2.40. The van der Waals surface area contributed by atoms with Gasteiger partial charge in [0.1, 0.15) is 18.6 Å². The number of para-hydroxylation sites is 1. The first kappa shape index (κ1) is 11.7. The normalized spacial score (nSPS) is 10.7. The van der Waals surface area contributed by atoms with Crippen LogP contribution in [0.15, 0.2) is 47.4 Å². The van der Waals surface area contributed by atoms with Crippen LogP contribution in [-0.4, -0.2) is 30.1 Å². The molecule has 0 aliphatic rings. The third-order valence-electron chi connectivity index (χ3n) is 2.40. The molecule has 90 valence electrons. The van der Waals surface area contributed by atoms with Crippen molar-refractivity contribution in [2.75, 3.05) is 20.2 Å². The maximum Gasteiger partial charge on any atom is 0.180 e. The van der Waals surface area contributed by atoms with Crippen molar-refractivity contribution < 1.29 is 9.15 Å². The first-order valence-corrected chi connectivity index (χ1v) is 5.58. The molecule has 1 aromatic carbocycles. The monoisotopic (exact) mass is 232 g/mol. The second kappa shape index (κ2) is 6.06. The van der Waals surface area contributed by atoms with Crippen molar-refractivity contribution in [3.05, 3.63) is 48.7 Å². The number of oxazole rings is 1. The Labute approximate surface area is 101 Å². The SMILES string of the molecule is CN(CCOc1ccccc1)Cc1cocn1. The molecule has 0 radical (unpaired) electrons. The number of likely N-dealkylation sites (N-methyl/N-ethyl adjacent to an activating group) is 1. The van der Waals surface area contributed by atoms with Gasteiger partial charge in [-0.25, -0.2) is 4.98 Å². The number of aromatic nitrogens is 1. The molecule has 0 aliphatic carbocycles. The van der Waals surface area contributed by atoms with Gasteiger partial charge in [0.15, 0.2) is 6.39 Å². The molecule has 4 heteroatoms. The Morgan fingerprint density at radius 1 is 1.29 bits per heavy atom. The van der Waals surface area contributed by atoms with Gasteiger partial charge in [0.2, 0.25) is 0 Å². The summed E-state index contributed by atoms with van der Waals surface area (Å²) in [6.45, 7) is 2.29. The van der Waals surface area contributed by atoms with E-state index < -0.39 is 0 Å². The molecule has 0 spiro atoms. The Hall–Kier alpha value is -1.81. The van der Waals surface area contributed by atoms with E-state index in [2.05, 4.69) is 9.88 Å². The minimum atomic E-state index is 0.665. The smallest absolute Gasteiger partial charge is 0.180 e. The number of rotatable bonds is 6. The fraction of sp³-hybridized carbons (Fsp3) is 0.308. The highest BCUT2D eigenvalue weighted by Gasteiger charge is 2.02. The molecule has 0 bridgehead atoms. The van der Waals surface area contributed by atoms with E-state index in [0.29, 0.717) is 6.61 Å². The molecule has 0 aliphatic heterocycles. The van der Waals surface area contributed by atoms with Gasteiger partial charge in [0.25, 0.3) is 0 Å². The van der Waals surface area contributed by atoms with Crippen LogP contribution in [0.2, 0.25) is 0 Å². The lowest BCUT2D eigenvalue weighted by Crippen LogP contribution is -2.23. The summed E-state index contributed by atoms with van der Waals surface area (Å²) in [6.07, 6.45) is 3.11. The van der Waals surface area contributed by atoms with Crippen LogP contribution in [0.5, 0.6) is 5.75 Å². The maximum atomic E-state index is 5.61. The summed E-state index contributed by atoms with van der Waals surface area (Å²) >= 11 is 0. The van der Waals surface area contributed by atoms with Crippen LogP contribution in [0.25, 0.3) is 0 Å². The largest absolute Gasteiger partial charge is 0.492 e. The van der Waals surface area contributed by atoms with Gasteiger partial charge in [-0.2, -0.15) is 0 Å². The van der Waals surface area contributed by atoms with Gasteiger partial charge in [-0.1, -0.05) is 18.2 Å². The molecule has 0 fully saturated rings. The minimum Gasteiger partial charge on any atom is -0.492 e. The van der Waals surface area contributed by atoms with Crippen LogP contribution < -0.4 is 4.74 Å². The van der Waals surface area contributed by atoms with Crippen molar-refractivity contribution in [1.82, 2.24) is 9.88 Å². The summed E-state index contributed by atoms with van der Waals surface area (Å²) in [5, 5.41) is 0. The molecule has 0 saturated carbocycles. The summed E-state index contributed by atoms with van der Waals surface area (Å²) in [6, 6.07) is 9.82. The molecule has 0 unspecified atom stereocenters. The second-order valence-electron chi connectivity index (χ2n) is 3.88. The highest BCUT2D eigenvalue weighted by atomic mass is 16.5. The van der Waals surface area contributed by atoms with Gasteiger partial charge < -0.3 is 9.15 Å². The van der Waals surface area contributed by atoms with Crippen LogP contribution in [-0.2, 0) is 6.54 Å². The molecular formula is C13H16N2O2. The van der Waals surface area contributed by atoms with Gasteiger partial charge in [-0.15, -0.1) is 0 Å². The van der Waals surface area contributed by atoms with Gasteiger partial charge in [0.05, 0.1) is 5.69 Å². The summed E-state index contributed by atoms with van der Waals surface area (Å²) < 4.78 is 10.5. The second-order valence-corrected chi connectivity index (χ2v) is 3.88. The predicted octanol–water partition coefficient (Wildman–Crippen LogP) is 2.19. The Kier molecular flexibility index (Phi) is 4.16. The van der Waals surface area contributed by atoms with E-state index in [1.807, 2.05) is 37.4 Å². The van der Waals surface area contributed by atoms with E-state index in [4.69, 9.17) is 9.15 Å². The van der Waals surface area contributed by atoms with Crippen molar-refractivity contribution in [2.24, 2.45) is 0 Å². The molecule has 0 saturated heterocycles. The van der Waals surface area contributed by atoms with Crippen molar-refractivity contribution in [2.45, 2.75) is 6.54 Å². The lowest BCUT2D eigenvalue weighted by molar-refractivity contribution is 0.231. The van der Waals surface area contributed by atoms with Crippen LogP contribution >= 0.6 is 0 Å². The first-order chi connectivity index (χ1) is 8.34. The maximum absolute atomic E-state index is 5.61. The van der Waals surface area contributed by atoms with E-state index in [1.165, 1.54) is 6.39 Å². The highest BCUT2D eigenvalue weighted by Crippen LogP contribution is 2.08. The standard InChI is InChI=1S/C13H16N2O2/c1-15(9-12-10-16-11-14-12)7-8-17-13-5-3-2-4-6-13/h2-6,10-11H,7-9H2,1H3. The highest BCUT2D eigenvalue weighted by molar-refractivity contribution is 5.20. The van der Waals surface area contributed by atoms with Gasteiger partial charge >= 0.3 is 0 Å². The summed E-state index contributed by atoms with van der Waals surface area (Å²) in [7, 11) is 2.03. The summed E-state index contributed by atoms with van der Waals surface area (Å²) in [5.41, 5.74) is 0.937. The van der Waals surface area contributed by atoms with E-state index in [1.54, 1.807) is 6.26 Å². The van der Waals surface area contributed by atoms with Crippen LogP contribution in [0.1, 0.15) is 5.69 Å². The van der Waals surface area contributed by atoms with Gasteiger partial charge in [-0.3, -0.25) is 4.90 Å². The number of nitrogens with zero attached hydrogens (tertiary/aromatic N) is 2. The fourth-order valence-electron chi connectivity index (χ4n) is 1.51. The van der Waals surface area contributed by atoms with E-state index in [-0.39, 0.29) is 0 Å². The quantitative estimate of drug-likeness (QED) is 0.765. The fourth-order valence-corrected chi connectivity index (χ4v) is 1.51. The number of hydrogen-bond donors (Lipinski definition) is 0. The first-order valence-electron chi connectivity index (χ1n) is 5.58. The topological polar surface area (TPSA) is 38.5 Å². The molecule has 0 amide bonds. The number of benzene rings is 1. The molecule has 1 aromatic heterocycles. The van der Waals surface area contributed by atoms with Gasteiger partial charge in [0, 0.05) is 13.1 Å². The van der Waals surface area contributed by atoms with Crippen LogP contribution in [0.3, 0.4) is 0 Å². The van der Waals surface area contributed by atoms with Crippen LogP contribution in [0.4, 0.5) is 0 Å². The van der Waals surface area contributed by atoms with Crippen LogP contribution in [0, 0.1) is 0 Å². The third kappa shape index (κ3) is 3.92. The van der Waals surface area contributed by atoms with Crippen molar-refractivity contribution in [3.8, 4) is 5.75 Å². The molecule has 17 heavy (non-hydrogen) atoms. The number of ether oxygens (including phenoxy) is 1. The van der Waals surface area contributed by atoms with E-state index >= 15 is 0 Å². The average molecular weight is 232 g/mol. The average Bonchev–Trinajstić information content (AvgIpc) is 2.83. The predicted molar refractivity (Wildman–Crippen MR) is 64.8 cm³/mol. The zero-order valence-corrected chi connectivity index (χ0v) is 9.87. The molecule has 2 rings (SSSR count). The Balaban J connectivity index is 1.68. The van der Waals surface area contributed by atoms with E-state index in [9.17, 15) is 0 Å². The molecule has 0 atom stereocenters. The Morgan fingerprint density at radius 3 is 2.82 bits per heavy atom. The molecule has 2 aromatic rings. The number of hydrogen-bond acceptors (Lipinski definition) is 4. The van der Waals surface area contributed by atoms with E-state index in [0.717, 1.165) is 24.5 Å².